The van der Waals surface area contributed by atoms with Crippen LogP contribution in [0, 0.1) is 0 Å². The molecule has 24 heavy (non-hydrogen) atoms. The summed E-state index contributed by atoms with van der Waals surface area (Å²) in [6, 6.07) is 12.8. The van der Waals surface area contributed by atoms with Gasteiger partial charge >= 0.3 is 12.6 Å². The van der Waals surface area contributed by atoms with Gasteiger partial charge in [0.1, 0.15) is 11.5 Å². The number of benzene rings is 2. The van der Waals surface area contributed by atoms with Gasteiger partial charge in [-0.15, -0.1) is 0 Å². The van der Waals surface area contributed by atoms with Crippen molar-refractivity contribution in [3.8, 4) is 11.5 Å². The maximum atomic E-state index is 12.1. The topological polar surface area (TPSA) is 35.5 Å². The Morgan fingerprint density at radius 3 is 2.17 bits per heavy atom. The molecule has 2 aromatic rings. The predicted octanol–water partition coefficient (Wildman–Crippen LogP) is 5.24. The Balaban J connectivity index is 1.91. The number of esters is 1. The van der Waals surface area contributed by atoms with Crippen molar-refractivity contribution in [1.29, 1.82) is 0 Å². The van der Waals surface area contributed by atoms with E-state index in [-0.39, 0.29) is 11.3 Å². The maximum absolute atomic E-state index is 12.1. The summed E-state index contributed by atoms with van der Waals surface area (Å²) in [5.41, 5.74) is 1.47. The van der Waals surface area contributed by atoms with Crippen LogP contribution in [0.15, 0.2) is 48.5 Å². The van der Waals surface area contributed by atoms with Crippen molar-refractivity contribution in [3.05, 3.63) is 59.7 Å². The van der Waals surface area contributed by atoms with Gasteiger partial charge in [0.25, 0.3) is 0 Å². The second-order valence-electron chi connectivity index (χ2n) is 5.39. The molecule has 0 fully saturated rings. The Morgan fingerprint density at radius 1 is 0.958 bits per heavy atom. The number of hydrogen-bond acceptors (Lipinski definition) is 3. The van der Waals surface area contributed by atoms with Gasteiger partial charge in [-0.05, 0) is 54.8 Å². The smallest absolute Gasteiger partial charge is 0.387 e. The minimum atomic E-state index is -2.89. The van der Waals surface area contributed by atoms with Gasteiger partial charge in [-0.25, -0.2) is 4.79 Å². The second kappa shape index (κ2) is 9.01. The Kier molecular flexibility index (Phi) is 6.73. The molecule has 0 saturated carbocycles. The van der Waals surface area contributed by atoms with Gasteiger partial charge in [-0.3, -0.25) is 0 Å². The van der Waals surface area contributed by atoms with Crippen molar-refractivity contribution in [2.45, 2.75) is 39.2 Å². The average Bonchev–Trinajstić information content (AvgIpc) is 2.57. The first-order valence-corrected chi connectivity index (χ1v) is 7.94. The van der Waals surface area contributed by atoms with Gasteiger partial charge in [0, 0.05) is 0 Å². The molecule has 0 aliphatic heterocycles. The lowest BCUT2D eigenvalue weighted by Gasteiger charge is -2.07. The third-order valence-electron chi connectivity index (χ3n) is 3.52. The summed E-state index contributed by atoms with van der Waals surface area (Å²) < 4.78 is 33.7. The van der Waals surface area contributed by atoms with Gasteiger partial charge < -0.3 is 9.47 Å². The largest absolute Gasteiger partial charge is 0.435 e. The molecule has 0 bridgehead atoms. The van der Waals surface area contributed by atoms with Crippen LogP contribution in [-0.4, -0.2) is 12.6 Å². The number of unbranched alkanes of at least 4 members (excludes halogenated alkanes) is 2. The third-order valence-corrected chi connectivity index (χ3v) is 3.52. The molecule has 3 nitrogen and oxygen atoms in total. The van der Waals surface area contributed by atoms with E-state index in [2.05, 4.69) is 11.7 Å². The quantitative estimate of drug-likeness (QED) is 0.376. The fourth-order valence-electron chi connectivity index (χ4n) is 2.24. The van der Waals surface area contributed by atoms with Gasteiger partial charge in [0.2, 0.25) is 0 Å². The van der Waals surface area contributed by atoms with E-state index in [1.54, 1.807) is 12.1 Å². The number of halogens is 2. The van der Waals surface area contributed by atoms with Crippen LogP contribution in [-0.2, 0) is 6.42 Å². The molecule has 0 aromatic heterocycles. The van der Waals surface area contributed by atoms with E-state index in [4.69, 9.17) is 4.74 Å². The van der Waals surface area contributed by atoms with Crippen LogP contribution in [0.5, 0.6) is 11.5 Å². The molecule has 128 valence electrons. The van der Waals surface area contributed by atoms with Crippen molar-refractivity contribution in [2.24, 2.45) is 0 Å². The monoisotopic (exact) mass is 334 g/mol. The number of carbonyl (C=O) groups is 1. The first-order chi connectivity index (χ1) is 11.6. The van der Waals surface area contributed by atoms with Crippen LogP contribution in [0.25, 0.3) is 0 Å². The molecule has 0 heterocycles. The van der Waals surface area contributed by atoms with Crippen LogP contribution >= 0.6 is 0 Å². The number of ether oxygens (including phenoxy) is 2. The van der Waals surface area contributed by atoms with Crippen molar-refractivity contribution >= 4 is 5.97 Å². The molecular weight excluding hydrogens is 314 g/mol. The highest BCUT2D eigenvalue weighted by Gasteiger charge is 2.10. The molecule has 2 aromatic carbocycles. The highest BCUT2D eigenvalue weighted by molar-refractivity contribution is 5.91. The Morgan fingerprint density at radius 2 is 1.58 bits per heavy atom. The van der Waals surface area contributed by atoms with Crippen LogP contribution in [0.2, 0.25) is 0 Å². The molecular formula is C19H20F2O3. The van der Waals surface area contributed by atoms with E-state index in [1.165, 1.54) is 42.7 Å². The summed E-state index contributed by atoms with van der Waals surface area (Å²) in [4.78, 5) is 12.0. The van der Waals surface area contributed by atoms with Gasteiger partial charge in [0.05, 0.1) is 5.56 Å². The molecule has 0 saturated heterocycles. The van der Waals surface area contributed by atoms with Crippen LogP contribution in [0.4, 0.5) is 8.78 Å². The van der Waals surface area contributed by atoms with E-state index in [0.717, 1.165) is 12.8 Å². The van der Waals surface area contributed by atoms with Gasteiger partial charge in [0.15, 0.2) is 0 Å². The number of aryl methyl sites for hydroxylation is 1. The summed E-state index contributed by atoms with van der Waals surface area (Å²) in [6.07, 6.45) is 4.52. The first kappa shape index (κ1) is 17.9. The molecule has 0 amide bonds. The lowest BCUT2D eigenvalue weighted by atomic mass is 10.1. The lowest BCUT2D eigenvalue weighted by Crippen LogP contribution is -2.08. The highest BCUT2D eigenvalue weighted by atomic mass is 19.3. The predicted molar refractivity (Wildman–Crippen MR) is 87.7 cm³/mol. The number of alkyl halides is 2. The molecule has 0 radical (unpaired) electrons. The number of carbonyl (C=O) groups excluding carboxylic acids is 1. The molecule has 2 rings (SSSR count). The highest BCUT2D eigenvalue weighted by Crippen LogP contribution is 2.18. The van der Waals surface area contributed by atoms with Gasteiger partial charge in [-0.2, -0.15) is 8.78 Å². The zero-order chi connectivity index (χ0) is 17.4. The van der Waals surface area contributed by atoms with Crippen molar-refractivity contribution in [3.63, 3.8) is 0 Å². The Labute approximate surface area is 140 Å². The van der Waals surface area contributed by atoms with Crippen molar-refractivity contribution < 1.29 is 23.0 Å². The summed E-state index contributed by atoms with van der Waals surface area (Å²) >= 11 is 0. The van der Waals surface area contributed by atoms with Gasteiger partial charge in [-0.1, -0.05) is 31.9 Å². The molecule has 0 spiro atoms. The van der Waals surface area contributed by atoms with Crippen LogP contribution in [0.3, 0.4) is 0 Å². The molecule has 5 heteroatoms. The first-order valence-electron chi connectivity index (χ1n) is 7.94. The SMILES string of the molecule is CCCCCc1ccc(OC(=O)c2ccc(OC(F)F)cc2)cc1. The second-order valence-corrected chi connectivity index (χ2v) is 5.39. The molecule has 0 atom stereocenters. The summed E-state index contributed by atoms with van der Waals surface area (Å²) in [5, 5.41) is 0. The van der Waals surface area contributed by atoms with E-state index in [1.807, 2.05) is 12.1 Å². The standard InChI is InChI=1S/C19H20F2O3/c1-2-3-4-5-14-6-10-16(11-7-14)23-18(22)15-8-12-17(13-9-15)24-19(20)21/h6-13,19H,2-5H2,1H3. The Bertz CT molecular complexity index is 637. The molecule has 0 unspecified atom stereocenters. The lowest BCUT2D eigenvalue weighted by molar-refractivity contribution is -0.0498. The van der Waals surface area contributed by atoms with E-state index >= 15 is 0 Å². The zero-order valence-corrected chi connectivity index (χ0v) is 13.5. The fourth-order valence-corrected chi connectivity index (χ4v) is 2.24. The fraction of sp³-hybridized carbons (Fsp3) is 0.316. The molecule has 0 N–H and O–H groups in total. The normalized spacial score (nSPS) is 10.7. The van der Waals surface area contributed by atoms with E-state index in [9.17, 15) is 13.6 Å². The van der Waals surface area contributed by atoms with E-state index in [0.29, 0.717) is 5.75 Å². The van der Waals surface area contributed by atoms with E-state index < -0.39 is 12.6 Å². The summed E-state index contributed by atoms with van der Waals surface area (Å²) in [6.45, 7) is -0.729. The summed E-state index contributed by atoms with van der Waals surface area (Å²) in [7, 11) is 0. The maximum Gasteiger partial charge on any atom is 0.387 e. The summed E-state index contributed by atoms with van der Waals surface area (Å²) in [5.74, 6) is -0.0949. The van der Waals surface area contributed by atoms with Crippen LogP contribution in [0.1, 0.15) is 42.1 Å². The third kappa shape index (κ3) is 5.65. The molecule has 0 aliphatic rings. The minimum absolute atomic E-state index is 0.00187. The number of hydrogen-bond donors (Lipinski definition) is 0. The van der Waals surface area contributed by atoms with Crippen molar-refractivity contribution in [1.82, 2.24) is 0 Å². The minimum Gasteiger partial charge on any atom is -0.435 e. The number of rotatable bonds is 8. The molecule has 0 aliphatic carbocycles. The zero-order valence-electron chi connectivity index (χ0n) is 13.5. The van der Waals surface area contributed by atoms with Crippen LogP contribution < -0.4 is 9.47 Å². The van der Waals surface area contributed by atoms with Crippen molar-refractivity contribution in [2.75, 3.05) is 0 Å². The average molecular weight is 334 g/mol. The Hall–Kier alpha value is -2.43.